The topological polar surface area (TPSA) is 45.2 Å². The van der Waals surface area contributed by atoms with E-state index in [1.807, 2.05) is 24.5 Å². The van der Waals surface area contributed by atoms with Crippen molar-refractivity contribution in [3.05, 3.63) is 410 Å². The van der Waals surface area contributed by atoms with E-state index in [0.29, 0.717) is 0 Å². The summed E-state index contributed by atoms with van der Waals surface area (Å²) in [5.74, 6) is 0. The molecule has 15 aromatic carbocycles. The fraction of sp³-hybridized carbons (Fsp3) is 0. The van der Waals surface area contributed by atoms with Gasteiger partial charge in [-0.15, -0.1) is 0 Å². The van der Waals surface area contributed by atoms with Gasteiger partial charge in [0.15, 0.2) is 0 Å². The molecule has 0 atom stereocenters. The Morgan fingerprint density at radius 3 is 1.15 bits per heavy atom. The van der Waals surface area contributed by atoms with Crippen LogP contribution in [-0.2, 0) is 0 Å². The minimum absolute atomic E-state index is 0.00823. The number of rotatable bonds is 13. The van der Waals surface area contributed by atoms with Gasteiger partial charge in [-0.2, -0.15) is 0 Å². The van der Waals surface area contributed by atoms with Crippen molar-refractivity contribution < 1.29 is 0 Å². The number of nitrogens with zero attached hydrogens (tertiary/aromatic N) is 8. The Morgan fingerprint density at radius 2 is 0.620 bits per heavy atom. The van der Waals surface area contributed by atoms with Crippen LogP contribution in [0.15, 0.2) is 410 Å². The Morgan fingerprint density at radius 1 is 0.259 bits per heavy atom. The van der Waals surface area contributed by atoms with Crippen molar-refractivity contribution in [2.45, 2.75) is 0 Å². The number of aromatic nitrogens is 2. The first-order valence-electron chi connectivity index (χ1n) is 36.4. The molecule has 108 heavy (non-hydrogen) atoms. The van der Waals surface area contributed by atoms with Crippen LogP contribution in [0.25, 0.3) is 21.8 Å². The van der Waals surface area contributed by atoms with Crippen LogP contribution in [0.5, 0.6) is 0 Å². The van der Waals surface area contributed by atoms with Crippen LogP contribution in [0.2, 0.25) is 0 Å². The molecule has 12 heteroatoms. The van der Waals surface area contributed by atoms with E-state index in [9.17, 15) is 0 Å². The molecule has 0 aliphatic carbocycles. The van der Waals surface area contributed by atoms with Gasteiger partial charge in [-0.25, -0.2) is 0 Å². The number of fused-ring (bicyclic) bond motifs is 9. The standard InChI is InChI=1S/C51H34B2N4.C45H32Br2N4/c1-4-20-36(21-5-1)52-39-26-10-15-31-44(39)57(45-32-16-18-35-19-17-33-54-50(35)45)47-34-46-49-51(48(47)52)56(38-24-8-3-9-25-38)43-30-14-12-28-41(43)53(49)40-27-11-13-29-42(40)55(46)37-22-6-2-7-23-37;46-42-40(49(34-20-6-1-7-21-34)35-22-8-2-9-23-35)32-41(43(47)45(42)50(36-24-10-3-11-25-36)37-26-12-4-13-27-37)51(38-28-14-5-15-29-38)39-30-16-18-33-19-17-31-48-44(33)39/h1-34H;1-32H. The van der Waals surface area contributed by atoms with Crippen molar-refractivity contribution in [2.24, 2.45) is 0 Å². The largest absolute Gasteiger partial charge is 0.312 e. The summed E-state index contributed by atoms with van der Waals surface area (Å²) in [6.45, 7) is -0.0507. The van der Waals surface area contributed by atoms with E-state index in [4.69, 9.17) is 9.97 Å². The first kappa shape index (κ1) is 65.7. The predicted molar refractivity (Wildman–Crippen MR) is 463 cm³/mol. The molecule has 8 nitrogen and oxygen atoms in total. The molecule has 5 heterocycles. The van der Waals surface area contributed by atoms with Gasteiger partial charge in [0.1, 0.15) is 0 Å². The van der Waals surface area contributed by atoms with E-state index in [2.05, 4.69) is 437 Å². The lowest BCUT2D eigenvalue weighted by Crippen LogP contribution is -2.66. The zero-order valence-corrected chi connectivity index (χ0v) is 61.8. The maximum Gasteiger partial charge on any atom is 0.252 e. The molecule has 0 saturated heterocycles. The van der Waals surface area contributed by atoms with Gasteiger partial charge in [0.05, 0.1) is 48.4 Å². The zero-order valence-electron chi connectivity index (χ0n) is 58.6. The Balaban J connectivity index is 0.000000148. The average molecular weight is 1510 g/mol. The molecule has 17 aromatic rings. The quantitative estimate of drug-likeness (QED) is 0.106. The highest BCUT2D eigenvalue weighted by molar-refractivity contribution is 9.11. The van der Waals surface area contributed by atoms with Gasteiger partial charge < -0.3 is 29.4 Å². The number of hydrogen-bond acceptors (Lipinski definition) is 8. The average Bonchev–Trinajstić information content (AvgIpc) is 0.678. The molecule has 510 valence electrons. The molecular formula is C96H66B2Br2N8. The smallest absolute Gasteiger partial charge is 0.252 e. The Hall–Kier alpha value is -13.0. The third-order valence-electron chi connectivity index (χ3n) is 20.9. The highest BCUT2D eigenvalue weighted by Crippen LogP contribution is 2.57. The molecule has 0 radical (unpaired) electrons. The van der Waals surface area contributed by atoms with Gasteiger partial charge in [0, 0.05) is 97.1 Å². The van der Waals surface area contributed by atoms with E-state index < -0.39 is 0 Å². The van der Waals surface area contributed by atoms with Crippen LogP contribution < -0.4 is 62.2 Å². The summed E-state index contributed by atoms with van der Waals surface area (Å²) in [7, 11) is 0. The second-order valence-electron chi connectivity index (χ2n) is 27.0. The zero-order chi connectivity index (χ0) is 72.0. The number of pyridine rings is 2. The third kappa shape index (κ3) is 11.5. The molecule has 3 aliphatic heterocycles. The fourth-order valence-corrected chi connectivity index (χ4v) is 18.0. The first-order valence-corrected chi connectivity index (χ1v) is 38.0. The summed E-state index contributed by atoms with van der Waals surface area (Å²) in [4.78, 5) is 24.5. The lowest BCUT2D eigenvalue weighted by molar-refractivity contribution is 1.20. The SMILES string of the molecule is Brc1c(N(c2ccccc2)c2ccccc2)cc(N(c2ccccc2)c2cccc3cccnc23)c(Br)c1N(c1ccccc1)c1ccccc1.c1ccc(B2c3ccccc3N(c3cccc4cccnc34)c3cc4c5c(c32)N(c2ccccc2)c2ccccc2B5c2ccccc2N4c2ccccc2)cc1. The lowest BCUT2D eigenvalue weighted by atomic mass is 9.30. The van der Waals surface area contributed by atoms with Crippen molar-refractivity contribution in [2.75, 3.05) is 29.4 Å². The monoisotopic (exact) mass is 1510 g/mol. The summed E-state index contributed by atoms with van der Waals surface area (Å²) >= 11 is 8.44. The second-order valence-corrected chi connectivity index (χ2v) is 28.6. The normalized spacial score (nSPS) is 12.3. The van der Waals surface area contributed by atoms with Crippen LogP contribution in [0.1, 0.15) is 0 Å². The second kappa shape index (κ2) is 28.5. The van der Waals surface area contributed by atoms with Gasteiger partial charge in [0.2, 0.25) is 6.71 Å². The molecule has 0 N–H and O–H groups in total. The summed E-state index contributed by atoms with van der Waals surface area (Å²) < 4.78 is 1.83. The number of benzene rings is 15. The summed E-state index contributed by atoms with van der Waals surface area (Å²) in [5.41, 5.74) is 29.0. The van der Waals surface area contributed by atoms with E-state index in [-0.39, 0.29) is 13.4 Å². The molecule has 20 rings (SSSR count). The minimum Gasteiger partial charge on any atom is -0.312 e. The minimum atomic E-state index is -0.0589. The molecule has 3 aliphatic rings. The van der Waals surface area contributed by atoms with Crippen molar-refractivity contribution >= 4 is 202 Å². The Labute approximate surface area is 646 Å². The molecule has 0 fully saturated rings. The number of para-hydroxylation sites is 12. The fourth-order valence-electron chi connectivity index (χ4n) is 16.4. The Kier molecular flexibility index (Phi) is 17.3. The van der Waals surface area contributed by atoms with Crippen LogP contribution in [0.4, 0.5) is 102 Å². The summed E-state index contributed by atoms with van der Waals surface area (Å²) in [6.07, 6.45) is 3.78. The number of halogens is 2. The van der Waals surface area contributed by atoms with E-state index in [1.54, 1.807) is 0 Å². The summed E-state index contributed by atoms with van der Waals surface area (Å²) in [5, 5.41) is 2.17. The lowest BCUT2D eigenvalue weighted by Gasteiger charge is -2.48. The molecule has 2 aromatic heterocycles. The maximum absolute atomic E-state index is 5.05. The van der Waals surface area contributed by atoms with E-state index >= 15 is 0 Å². The number of anilines is 18. The molecule has 0 bridgehead atoms. The van der Waals surface area contributed by atoms with Crippen molar-refractivity contribution in [1.29, 1.82) is 0 Å². The van der Waals surface area contributed by atoms with Crippen LogP contribution >= 0.6 is 31.9 Å². The first-order chi connectivity index (χ1) is 53.5. The molecule has 0 unspecified atom stereocenters. The van der Waals surface area contributed by atoms with Crippen molar-refractivity contribution in [3.63, 3.8) is 0 Å². The third-order valence-corrected chi connectivity index (χ3v) is 22.4. The molecule has 0 spiro atoms. The molecule has 0 saturated carbocycles. The predicted octanol–water partition coefficient (Wildman–Crippen LogP) is 22.8. The van der Waals surface area contributed by atoms with E-state index in [1.165, 1.54) is 55.5 Å². The van der Waals surface area contributed by atoms with E-state index in [0.717, 1.165) is 110 Å². The van der Waals surface area contributed by atoms with Gasteiger partial charge in [-0.05, 0) is 199 Å². The number of hydrogen-bond donors (Lipinski definition) is 0. The highest BCUT2D eigenvalue weighted by atomic mass is 79.9. The highest BCUT2D eigenvalue weighted by Gasteiger charge is 2.49. The maximum atomic E-state index is 5.05. The van der Waals surface area contributed by atoms with Crippen molar-refractivity contribution in [3.8, 4) is 0 Å². The van der Waals surface area contributed by atoms with Gasteiger partial charge >= 0.3 is 0 Å². The van der Waals surface area contributed by atoms with Gasteiger partial charge in [0.25, 0.3) is 6.71 Å². The van der Waals surface area contributed by atoms with Crippen molar-refractivity contribution in [1.82, 2.24) is 9.97 Å². The van der Waals surface area contributed by atoms with Gasteiger partial charge in [-0.3, -0.25) is 9.97 Å². The van der Waals surface area contributed by atoms with Gasteiger partial charge in [-0.1, -0.05) is 254 Å². The van der Waals surface area contributed by atoms with Crippen LogP contribution in [-0.4, -0.2) is 23.4 Å². The Bertz CT molecular complexity index is 6060. The summed E-state index contributed by atoms with van der Waals surface area (Å²) in [6, 6.07) is 139. The molecule has 0 amide bonds. The van der Waals surface area contributed by atoms with Crippen LogP contribution in [0.3, 0.4) is 0 Å². The van der Waals surface area contributed by atoms with Crippen LogP contribution in [0, 0.1) is 0 Å². The molecular weight excluding hydrogens is 1450 g/mol.